The Morgan fingerprint density at radius 2 is 2.03 bits per heavy atom. The first-order valence-corrected chi connectivity index (χ1v) is 13.3. The summed E-state index contributed by atoms with van der Waals surface area (Å²) in [5.74, 6) is -0.497. The Labute approximate surface area is 211 Å². The van der Waals surface area contributed by atoms with Crippen LogP contribution in [0.4, 0.5) is 0 Å². The number of H-pyrrole nitrogens is 1. The second-order valence-corrected chi connectivity index (χ2v) is 10.8. The maximum absolute atomic E-state index is 13.6. The number of hydrogen-bond acceptors (Lipinski definition) is 9. The van der Waals surface area contributed by atoms with Gasteiger partial charge in [0.25, 0.3) is 5.56 Å². The molecule has 36 heavy (non-hydrogen) atoms. The highest BCUT2D eigenvalue weighted by Gasteiger charge is 2.64. The number of aliphatic hydroxyl groups excluding tert-OH is 1. The van der Waals surface area contributed by atoms with E-state index in [0.29, 0.717) is 17.9 Å². The molecule has 2 aliphatic rings. The molecule has 1 saturated carbocycles. The van der Waals surface area contributed by atoms with Crippen LogP contribution in [-0.4, -0.2) is 52.1 Å². The third kappa shape index (κ3) is 5.59. The van der Waals surface area contributed by atoms with E-state index in [-0.39, 0.29) is 19.0 Å². The molecule has 2 fully saturated rings. The van der Waals surface area contributed by atoms with Crippen molar-refractivity contribution in [1.82, 2.24) is 14.6 Å². The van der Waals surface area contributed by atoms with Crippen molar-refractivity contribution in [3.05, 3.63) is 62.4 Å². The summed E-state index contributed by atoms with van der Waals surface area (Å²) >= 11 is 5.90. The summed E-state index contributed by atoms with van der Waals surface area (Å²) in [6.45, 7) is 2.83. The molecular weight excluding hydrogens is 517 g/mol. The molecule has 12 nitrogen and oxygen atoms in total. The van der Waals surface area contributed by atoms with Crippen molar-refractivity contribution in [3.63, 3.8) is 0 Å². The summed E-state index contributed by atoms with van der Waals surface area (Å²) in [4.78, 5) is 38.1. The van der Waals surface area contributed by atoms with Crippen LogP contribution in [0, 0.1) is 5.41 Å². The minimum Gasteiger partial charge on any atom is -0.465 e. The number of halogens is 1. The fourth-order valence-corrected chi connectivity index (χ4v) is 5.74. The van der Waals surface area contributed by atoms with E-state index in [1.54, 1.807) is 6.92 Å². The number of nitrogens with zero attached hydrogens (tertiary/aromatic N) is 1. The molecule has 1 unspecified atom stereocenters. The lowest BCUT2D eigenvalue weighted by molar-refractivity contribution is -0.144. The van der Waals surface area contributed by atoms with Gasteiger partial charge in [0.1, 0.15) is 24.1 Å². The quantitative estimate of drug-likeness (QED) is 0.299. The average molecular weight is 544 g/mol. The molecule has 3 N–H and O–H groups in total. The van der Waals surface area contributed by atoms with E-state index in [2.05, 4.69) is 10.1 Å². The molecule has 14 heteroatoms. The topological polar surface area (TPSA) is 158 Å². The van der Waals surface area contributed by atoms with Crippen molar-refractivity contribution >= 4 is 25.3 Å². The SMILES string of the molecule is CCOC(=O)[C@@H](C)NP(=O)(OC[C@H]1O[C@@H](n2ccc(=O)[nH]c2=O)C2(CC2)[C@@H]1O)Oc1ccc(Cl)cc1. The van der Waals surface area contributed by atoms with Crippen LogP contribution in [0.5, 0.6) is 5.75 Å². The zero-order valence-corrected chi connectivity index (χ0v) is 21.2. The predicted molar refractivity (Wildman–Crippen MR) is 128 cm³/mol. The number of hydrogen-bond donors (Lipinski definition) is 3. The van der Waals surface area contributed by atoms with Gasteiger partial charge >= 0.3 is 19.4 Å². The first-order valence-electron chi connectivity index (χ1n) is 11.4. The predicted octanol–water partition coefficient (Wildman–Crippen LogP) is 1.97. The largest absolute Gasteiger partial charge is 0.465 e. The van der Waals surface area contributed by atoms with Gasteiger partial charge in [0.05, 0.1) is 19.3 Å². The van der Waals surface area contributed by atoms with E-state index in [0.717, 1.165) is 0 Å². The summed E-state index contributed by atoms with van der Waals surface area (Å²) < 4.78 is 37.0. The van der Waals surface area contributed by atoms with Crippen LogP contribution < -0.4 is 20.9 Å². The Bertz CT molecular complexity index is 1260. The second kappa shape index (κ2) is 10.5. The maximum Gasteiger partial charge on any atom is 0.459 e. The number of aromatic amines is 1. The Hall–Kier alpha value is -2.47. The Kier molecular flexibility index (Phi) is 7.75. The number of esters is 1. The minimum absolute atomic E-state index is 0.129. The van der Waals surface area contributed by atoms with Crippen LogP contribution >= 0.6 is 19.3 Å². The standard InChI is InChI=1S/C22H27ClN3O9P/c1-3-32-19(29)13(2)25-36(31,35-15-6-4-14(23)5-7-15)33-12-16-18(28)22(9-10-22)20(34-16)26-11-8-17(27)24-21(26)30/h4-8,11,13,16,18,20,28H,3,9-10,12H2,1-2H3,(H,25,31)(H,24,27,30)/t13-,16-,18-,20-,36?/m1/s1. The fourth-order valence-electron chi connectivity index (χ4n) is 4.12. The molecule has 0 amide bonds. The molecule has 4 rings (SSSR count). The van der Waals surface area contributed by atoms with E-state index >= 15 is 0 Å². The Morgan fingerprint density at radius 1 is 1.33 bits per heavy atom. The molecule has 1 aliphatic carbocycles. The zero-order chi connectivity index (χ0) is 26.1. The molecule has 5 atom stereocenters. The smallest absolute Gasteiger partial charge is 0.459 e. The molecule has 2 aromatic rings. The third-order valence-corrected chi connectivity index (χ3v) is 8.00. The van der Waals surface area contributed by atoms with Crippen LogP contribution in [0.15, 0.2) is 46.1 Å². The van der Waals surface area contributed by atoms with Crippen LogP contribution in [0.1, 0.15) is 32.9 Å². The summed E-state index contributed by atoms with van der Waals surface area (Å²) in [5.41, 5.74) is -1.97. The van der Waals surface area contributed by atoms with Crippen molar-refractivity contribution in [2.45, 2.75) is 51.2 Å². The summed E-state index contributed by atoms with van der Waals surface area (Å²) in [7, 11) is -4.20. The lowest BCUT2D eigenvalue weighted by Gasteiger charge is -2.24. The van der Waals surface area contributed by atoms with E-state index in [4.69, 9.17) is 30.1 Å². The van der Waals surface area contributed by atoms with Crippen molar-refractivity contribution in [2.24, 2.45) is 5.41 Å². The van der Waals surface area contributed by atoms with E-state index in [9.17, 15) is 24.1 Å². The third-order valence-electron chi connectivity index (χ3n) is 6.11. The van der Waals surface area contributed by atoms with Gasteiger partial charge in [-0.25, -0.2) is 9.36 Å². The van der Waals surface area contributed by atoms with Gasteiger partial charge in [-0.15, -0.1) is 0 Å². The first-order chi connectivity index (χ1) is 17.1. The van der Waals surface area contributed by atoms with Gasteiger partial charge in [-0.2, -0.15) is 5.09 Å². The van der Waals surface area contributed by atoms with Crippen molar-refractivity contribution in [1.29, 1.82) is 0 Å². The number of carbonyl (C=O) groups is 1. The van der Waals surface area contributed by atoms with E-state index < -0.39 is 54.9 Å². The van der Waals surface area contributed by atoms with Crippen LogP contribution in [0.3, 0.4) is 0 Å². The van der Waals surface area contributed by atoms with Gasteiger partial charge in [0.15, 0.2) is 0 Å². The molecule has 1 spiro atoms. The molecular formula is C22H27ClN3O9P. The van der Waals surface area contributed by atoms with Gasteiger partial charge in [-0.1, -0.05) is 11.6 Å². The molecule has 0 radical (unpaired) electrons. The fraction of sp³-hybridized carbons (Fsp3) is 0.500. The van der Waals surface area contributed by atoms with Crippen LogP contribution in [0.25, 0.3) is 0 Å². The minimum atomic E-state index is -4.20. The highest BCUT2D eigenvalue weighted by atomic mass is 35.5. The Balaban J connectivity index is 1.52. The number of nitrogens with one attached hydrogen (secondary N) is 2. The number of carbonyl (C=O) groups excluding carboxylic acids is 1. The molecule has 1 aromatic heterocycles. The molecule has 0 bridgehead atoms. The molecule has 2 heterocycles. The highest BCUT2D eigenvalue weighted by molar-refractivity contribution is 7.52. The first kappa shape index (κ1) is 26.6. The van der Waals surface area contributed by atoms with Crippen LogP contribution in [-0.2, 0) is 23.4 Å². The maximum atomic E-state index is 13.6. The van der Waals surface area contributed by atoms with Crippen molar-refractivity contribution < 1.29 is 33.0 Å². The normalized spacial score (nSPS) is 24.7. The molecule has 1 aliphatic heterocycles. The molecule has 196 valence electrons. The number of benzene rings is 1. The number of aliphatic hydroxyl groups is 1. The second-order valence-electron chi connectivity index (χ2n) is 8.66. The van der Waals surface area contributed by atoms with Gasteiger partial charge in [-0.05, 0) is 51.0 Å². The lowest BCUT2D eigenvalue weighted by atomic mass is 9.96. The molecule has 1 saturated heterocycles. The van der Waals surface area contributed by atoms with Crippen LogP contribution in [0.2, 0.25) is 5.02 Å². The number of aromatic nitrogens is 2. The summed E-state index contributed by atoms with van der Waals surface area (Å²) in [5, 5.41) is 14.0. The van der Waals surface area contributed by atoms with Crippen molar-refractivity contribution in [3.8, 4) is 5.75 Å². The highest BCUT2D eigenvalue weighted by Crippen LogP contribution is 2.62. The summed E-state index contributed by atoms with van der Waals surface area (Å²) in [6.07, 6.45) is -0.408. The average Bonchev–Trinajstić information content (AvgIpc) is 3.58. The van der Waals surface area contributed by atoms with Crippen molar-refractivity contribution in [2.75, 3.05) is 13.2 Å². The summed E-state index contributed by atoms with van der Waals surface area (Å²) in [6, 6.07) is 6.17. The van der Waals surface area contributed by atoms with Gasteiger partial charge in [0, 0.05) is 22.7 Å². The number of ether oxygens (including phenoxy) is 2. The monoisotopic (exact) mass is 543 g/mol. The molecule has 1 aromatic carbocycles. The lowest BCUT2D eigenvalue weighted by Crippen LogP contribution is -2.37. The zero-order valence-electron chi connectivity index (χ0n) is 19.6. The van der Waals surface area contributed by atoms with Gasteiger partial charge in [0.2, 0.25) is 0 Å². The van der Waals surface area contributed by atoms with E-state index in [1.165, 1.54) is 48.0 Å². The Morgan fingerprint density at radius 3 is 2.64 bits per heavy atom. The van der Waals surface area contributed by atoms with Gasteiger partial charge in [-0.3, -0.25) is 23.7 Å². The van der Waals surface area contributed by atoms with Gasteiger partial charge < -0.3 is 19.1 Å². The number of rotatable bonds is 10. The van der Waals surface area contributed by atoms with E-state index in [1.807, 2.05) is 0 Å².